The number of carbonyl (C=O) groups excluding carboxylic acids is 2. The van der Waals surface area contributed by atoms with E-state index in [2.05, 4.69) is 10.6 Å². The van der Waals surface area contributed by atoms with Crippen LogP contribution in [-0.2, 0) is 14.8 Å². The number of halogens is 2. The van der Waals surface area contributed by atoms with Crippen LogP contribution in [0.25, 0.3) is 0 Å². The summed E-state index contributed by atoms with van der Waals surface area (Å²) in [6.07, 6.45) is 3.11. The smallest absolute Gasteiger partial charge is 0.251 e. The molecular weight excluding hydrogens is 502 g/mol. The maximum Gasteiger partial charge on any atom is 0.251 e. The van der Waals surface area contributed by atoms with Crippen LogP contribution in [0, 0.1) is 11.6 Å². The molecule has 2 aromatic carbocycles. The number of nitrogens with zero attached hydrogens (tertiary/aromatic N) is 2. The van der Waals surface area contributed by atoms with Gasteiger partial charge in [-0.15, -0.1) is 0 Å². The van der Waals surface area contributed by atoms with Gasteiger partial charge in [0.05, 0.1) is 6.26 Å². The van der Waals surface area contributed by atoms with E-state index in [9.17, 15) is 26.8 Å². The molecule has 200 valence electrons. The molecule has 0 aromatic heterocycles. The maximum absolute atomic E-state index is 13.3. The third-order valence-electron chi connectivity index (χ3n) is 6.89. The molecule has 0 radical (unpaired) electrons. The zero-order chi connectivity index (χ0) is 26.6. The Morgan fingerprint density at radius 1 is 0.973 bits per heavy atom. The number of hydrogen-bond donors (Lipinski definition) is 2. The van der Waals surface area contributed by atoms with Crippen molar-refractivity contribution in [3.63, 3.8) is 0 Å². The molecule has 8 nitrogen and oxygen atoms in total. The first-order valence-corrected chi connectivity index (χ1v) is 14.3. The number of benzene rings is 2. The summed E-state index contributed by atoms with van der Waals surface area (Å²) in [5.41, 5.74) is 1.34. The van der Waals surface area contributed by atoms with E-state index in [4.69, 9.17) is 0 Å². The summed E-state index contributed by atoms with van der Waals surface area (Å²) in [6.45, 7) is 1.54. The summed E-state index contributed by atoms with van der Waals surface area (Å²) in [5.74, 6) is -1.12. The minimum absolute atomic E-state index is 0.206. The molecule has 1 aliphatic carbocycles. The molecule has 2 aliphatic rings. The standard InChI is InChI=1S/C26H32F2N4O4S/c1-37(35,36)32-15-13-31(14-16-32)26(34)23(30-25(33)19-6-10-21(28)11-7-19)3-2-12-29-24-17-22(24)18-4-8-20(27)9-5-18/h4-11,22-24,29H,2-3,12-17H2,1H3,(H,30,33)/t22-,23?,24+/m0/s1. The molecule has 1 unspecified atom stereocenters. The van der Waals surface area contributed by atoms with Gasteiger partial charge in [0.15, 0.2) is 0 Å². The van der Waals surface area contributed by atoms with E-state index < -0.39 is 27.8 Å². The largest absolute Gasteiger partial charge is 0.340 e. The Hall–Kier alpha value is -2.89. The van der Waals surface area contributed by atoms with E-state index in [1.807, 2.05) is 0 Å². The van der Waals surface area contributed by atoms with E-state index >= 15 is 0 Å². The van der Waals surface area contributed by atoms with Crippen molar-refractivity contribution in [3.8, 4) is 0 Å². The number of hydrogen-bond acceptors (Lipinski definition) is 5. The van der Waals surface area contributed by atoms with Gasteiger partial charge in [0.1, 0.15) is 17.7 Å². The molecule has 37 heavy (non-hydrogen) atoms. The summed E-state index contributed by atoms with van der Waals surface area (Å²) in [7, 11) is -3.33. The molecule has 11 heteroatoms. The summed E-state index contributed by atoms with van der Waals surface area (Å²) >= 11 is 0. The molecule has 1 saturated heterocycles. The van der Waals surface area contributed by atoms with Gasteiger partial charge in [-0.3, -0.25) is 9.59 Å². The quantitative estimate of drug-likeness (QED) is 0.455. The second kappa shape index (κ2) is 11.7. The normalized spacial score (nSPS) is 20.9. The molecule has 1 heterocycles. The molecule has 1 aliphatic heterocycles. The maximum atomic E-state index is 13.3. The highest BCUT2D eigenvalue weighted by molar-refractivity contribution is 7.88. The zero-order valence-electron chi connectivity index (χ0n) is 20.7. The van der Waals surface area contributed by atoms with Crippen molar-refractivity contribution in [2.24, 2.45) is 0 Å². The van der Waals surface area contributed by atoms with Crippen molar-refractivity contribution in [3.05, 3.63) is 71.3 Å². The first-order valence-electron chi connectivity index (χ1n) is 12.4. The van der Waals surface area contributed by atoms with Crippen LogP contribution in [0.15, 0.2) is 48.5 Å². The van der Waals surface area contributed by atoms with Crippen molar-refractivity contribution in [2.75, 3.05) is 39.0 Å². The van der Waals surface area contributed by atoms with Crippen LogP contribution in [0.3, 0.4) is 0 Å². The fourth-order valence-corrected chi connectivity index (χ4v) is 5.48. The Labute approximate surface area is 216 Å². The topological polar surface area (TPSA) is 98.8 Å². The number of nitrogens with one attached hydrogen (secondary N) is 2. The molecule has 4 rings (SSSR count). The van der Waals surface area contributed by atoms with Crippen LogP contribution in [0.2, 0.25) is 0 Å². The van der Waals surface area contributed by atoms with Gasteiger partial charge in [0, 0.05) is 43.7 Å². The highest BCUT2D eigenvalue weighted by atomic mass is 32.2. The fraction of sp³-hybridized carbons (Fsp3) is 0.462. The van der Waals surface area contributed by atoms with Crippen LogP contribution < -0.4 is 10.6 Å². The molecule has 1 saturated carbocycles. The minimum atomic E-state index is -3.33. The SMILES string of the molecule is CS(=O)(=O)N1CCN(C(=O)C(CCCN[C@@H]2C[C@H]2c2ccc(F)cc2)NC(=O)c2ccc(F)cc2)CC1. The first-order chi connectivity index (χ1) is 17.6. The molecule has 2 amide bonds. The van der Waals surface area contributed by atoms with Gasteiger partial charge in [-0.1, -0.05) is 12.1 Å². The molecule has 3 atom stereocenters. The number of sulfonamides is 1. The van der Waals surface area contributed by atoms with Crippen LogP contribution in [-0.4, -0.2) is 80.5 Å². The summed E-state index contributed by atoms with van der Waals surface area (Å²) < 4.78 is 51.4. The van der Waals surface area contributed by atoms with E-state index in [1.54, 1.807) is 17.0 Å². The lowest BCUT2D eigenvalue weighted by Gasteiger charge is -2.35. The third-order valence-corrected chi connectivity index (χ3v) is 8.20. The van der Waals surface area contributed by atoms with Gasteiger partial charge in [-0.05, 0) is 67.8 Å². The molecular formula is C26H32F2N4O4S. The summed E-state index contributed by atoms with van der Waals surface area (Å²) in [4.78, 5) is 27.7. The zero-order valence-corrected chi connectivity index (χ0v) is 21.5. The van der Waals surface area contributed by atoms with Crippen LogP contribution >= 0.6 is 0 Å². The van der Waals surface area contributed by atoms with E-state index in [0.717, 1.165) is 18.2 Å². The fourth-order valence-electron chi connectivity index (χ4n) is 4.65. The molecule has 0 bridgehead atoms. The van der Waals surface area contributed by atoms with Crippen molar-refractivity contribution in [1.29, 1.82) is 0 Å². The second-order valence-electron chi connectivity index (χ2n) is 9.62. The van der Waals surface area contributed by atoms with Gasteiger partial charge in [-0.2, -0.15) is 4.31 Å². The highest BCUT2D eigenvalue weighted by Crippen LogP contribution is 2.40. The lowest BCUT2D eigenvalue weighted by atomic mass is 10.1. The Bertz CT molecular complexity index is 1200. The van der Waals surface area contributed by atoms with E-state index in [-0.39, 0.29) is 49.5 Å². The van der Waals surface area contributed by atoms with Crippen molar-refractivity contribution in [1.82, 2.24) is 19.8 Å². The monoisotopic (exact) mass is 534 g/mol. The Morgan fingerprint density at radius 3 is 2.16 bits per heavy atom. The summed E-state index contributed by atoms with van der Waals surface area (Å²) in [5, 5.41) is 6.25. The molecule has 2 N–H and O–H groups in total. The number of carbonyl (C=O) groups is 2. The predicted molar refractivity (Wildman–Crippen MR) is 135 cm³/mol. The average molecular weight is 535 g/mol. The number of rotatable bonds is 10. The Balaban J connectivity index is 1.32. The number of piperazine rings is 1. The second-order valence-corrected chi connectivity index (χ2v) is 11.6. The Morgan fingerprint density at radius 2 is 1.57 bits per heavy atom. The van der Waals surface area contributed by atoms with Gasteiger partial charge in [-0.25, -0.2) is 17.2 Å². The van der Waals surface area contributed by atoms with Crippen molar-refractivity contribution in [2.45, 2.75) is 37.3 Å². The van der Waals surface area contributed by atoms with Crippen LogP contribution in [0.1, 0.15) is 41.1 Å². The van der Waals surface area contributed by atoms with E-state index in [0.29, 0.717) is 25.3 Å². The van der Waals surface area contributed by atoms with Crippen LogP contribution in [0.5, 0.6) is 0 Å². The van der Waals surface area contributed by atoms with Gasteiger partial charge >= 0.3 is 0 Å². The highest BCUT2D eigenvalue weighted by Gasteiger charge is 2.38. The number of amides is 2. The molecule has 2 aromatic rings. The predicted octanol–water partition coefficient (Wildman–Crippen LogP) is 2.09. The van der Waals surface area contributed by atoms with Gasteiger partial charge < -0.3 is 15.5 Å². The van der Waals surface area contributed by atoms with Crippen molar-refractivity contribution >= 4 is 21.8 Å². The lowest BCUT2D eigenvalue weighted by Crippen LogP contribution is -2.55. The Kier molecular flexibility index (Phi) is 8.56. The molecule has 0 spiro atoms. The third kappa shape index (κ3) is 7.33. The van der Waals surface area contributed by atoms with Crippen LogP contribution in [0.4, 0.5) is 8.78 Å². The van der Waals surface area contributed by atoms with Gasteiger partial charge in [0.2, 0.25) is 15.9 Å². The van der Waals surface area contributed by atoms with E-state index in [1.165, 1.54) is 40.7 Å². The van der Waals surface area contributed by atoms with Gasteiger partial charge in [0.25, 0.3) is 5.91 Å². The summed E-state index contributed by atoms with van der Waals surface area (Å²) in [6, 6.07) is 11.1. The lowest BCUT2D eigenvalue weighted by molar-refractivity contribution is -0.134. The first kappa shape index (κ1) is 27.2. The molecule has 2 fully saturated rings. The minimum Gasteiger partial charge on any atom is -0.340 e. The average Bonchev–Trinajstić information content (AvgIpc) is 3.65. The van der Waals surface area contributed by atoms with Crippen molar-refractivity contribution < 1.29 is 26.8 Å².